The molecule has 124 valence electrons. The minimum atomic E-state index is -0.282. The van der Waals surface area contributed by atoms with Crippen LogP contribution in [0.4, 0.5) is 5.95 Å². The standard InChI is InChI=1S/C16H22N4O3/c1-4-20-8-9-23-10-12(20)15(21)18-16-17-14-11(19(16)2)6-5-7-13(14)22-3/h5-7,12H,4,8-10H2,1-3H3,(H,17,18,21). The first-order chi connectivity index (χ1) is 11.2. The molecule has 1 aromatic carbocycles. The lowest BCUT2D eigenvalue weighted by Crippen LogP contribution is -2.51. The summed E-state index contributed by atoms with van der Waals surface area (Å²) < 4.78 is 12.6. The Morgan fingerprint density at radius 2 is 2.35 bits per heavy atom. The van der Waals surface area contributed by atoms with E-state index < -0.39 is 0 Å². The van der Waals surface area contributed by atoms with Crippen LogP contribution in [0.3, 0.4) is 0 Å². The first kappa shape index (κ1) is 15.8. The van der Waals surface area contributed by atoms with Gasteiger partial charge in [-0.2, -0.15) is 0 Å². The molecule has 7 heteroatoms. The number of anilines is 1. The maximum absolute atomic E-state index is 12.6. The second kappa shape index (κ2) is 6.55. The van der Waals surface area contributed by atoms with Gasteiger partial charge in [0.05, 0.1) is 25.8 Å². The monoisotopic (exact) mass is 318 g/mol. The molecule has 7 nitrogen and oxygen atoms in total. The molecule has 1 aromatic heterocycles. The number of methoxy groups -OCH3 is 1. The number of ether oxygens (including phenoxy) is 2. The molecule has 1 atom stereocenters. The number of hydrogen-bond donors (Lipinski definition) is 1. The van der Waals surface area contributed by atoms with E-state index in [1.54, 1.807) is 7.11 Å². The van der Waals surface area contributed by atoms with Crippen molar-refractivity contribution in [1.29, 1.82) is 0 Å². The lowest BCUT2D eigenvalue weighted by molar-refractivity contribution is -0.127. The van der Waals surface area contributed by atoms with Gasteiger partial charge in [-0.1, -0.05) is 13.0 Å². The topological polar surface area (TPSA) is 68.6 Å². The van der Waals surface area contributed by atoms with Gasteiger partial charge in [-0.05, 0) is 18.7 Å². The molecule has 1 N–H and O–H groups in total. The van der Waals surface area contributed by atoms with Crippen molar-refractivity contribution in [2.24, 2.45) is 7.05 Å². The van der Waals surface area contributed by atoms with Gasteiger partial charge >= 0.3 is 0 Å². The van der Waals surface area contributed by atoms with Gasteiger partial charge in [0.25, 0.3) is 0 Å². The second-order valence-electron chi connectivity index (χ2n) is 5.53. The zero-order valence-corrected chi connectivity index (χ0v) is 13.7. The van der Waals surface area contributed by atoms with E-state index in [9.17, 15) is 4.79 Å². The summed E-state index contributed by atoms with van der Waals surface area (Å²) in [5.41, 5.74) is 1.65. The normalized spacial score (nSPS) is 19.0. The third-order valence-electron chi connectivity index (χ3n) is 4.28. The van der Waals surface area contributed by atoms with Crippen LogP contribution in [0.1, 0.15) is 6.92 Å². The number of benzene rings is 1. The van der Waals surface area contributed by atoms with Crippen molar-refractivity contribution in [3.05, 3.63) is 18.2 Å². The Morgan fingerprint density at radius 1 is 1.52 bits per heavy atom. The van der Waals surface area contributed by atoms with Gasteiger partial charge in [0.2, 0.25) is 11.9 Å². The molecular formula is C16H22N4O3. The summed E-state index contributed by atoms with van der Waals surface area (Å²) in [5.74, 6) is 1.11. The first-order valence-electron chi connectivity index (χ1n) is 7.77. The van der Waals surface area contributed by atoms with Crippen LogP contribution in [-0.2, 0) is 16.6 Å². The van der Waals surface area contributed by atoms with E-state index in [-0.39, 0.29) is 11.9 Å². The number of aryl methyl sites for hydroxylation is 1. The summed E-state index contributed by atoms with van der Waals surface area (Å²) >= 11 is 0. The van der Waals surface area contributed by atoms with Gasteiger partial charge in [0.15, 0.2) is 0 Å². The Balaban J connectivity index is 1.86. The first-order valence-corrected chi connectivity index (χ1v) is 7.77. The van der Waals surface area contributed by atoms with Crippen molar-refractivity contribution < 1.29 is 14.3 Å². The number of hydrogen-bond acceptors (Lipinski definition) is 5. The molecule has 2 heterocycles. The Hall–Kier alpha value is -2.12. The number of fused-ring (bicyclic) bond motifs is 1. The van der Waals surface area contributed by atoms with E-state index in [1.807, 2.05) is 36.7 Å². The summed E-state index contributed by atoms with van der Waals surface area (Å²) in [7, 11) is 3.49. The zero-order valence-electron chi connectivity index (χ0n) is 13.7. The average Bonchev–Trinajstić information content (AvgIpc) is 2.91. The highest BCUT2D eigenvalue weighted by molar-refractivity contribution is 5.96. The number of amides is 1. The number of nitrogens with one attached hydrogen (secondary N) is 1. The lowest BCUT2D eigenvalue weighted by Gasteiger charge is -2.33. The predicted octanol–water partition coefficient (Wildman–Crippen LogP) is 1.24. The fourth-order valence-corrected chi connectivity index (χ4v) is 2.92. The molecule has 1 aliphatic heterocycles. The van der Waals surface area contributed by atoms with Crippen molar-refractivity contribution >= 4 is 22.9 Å². The van der Waals surface area contributed by atoms with Crippen LogP contribution >= 0.6 is 0 Å². The number of aromatic nitrogens is 2. The number of rotatable bonds is 4. The van der Waals surface area contributed by atoms with Gasteiger partial charge in [0, 0.05) is 13.6 Å². The fraction of sp³-hybridized carbons (Fsp3) is 0.500. The Morgan fingerprint density at radius 3 is 3.09 bits per heavy atom. The van der Waals surface area contributed by atoms with Crippen LogP contribution in [0, 0.1) is 0 Å². The molecule has 0 bridgehead atoms. The van der Waals surface area contributed by atoms with E-state index in [1.165, 1.54) is 0 Å². The summed E-state index contributed by atoms with van der Waals surface area (Å²) in [6.07, 6.45) is 0. The largest absolute Gasteiger partial charge is 0.494 e. The second-order valence-corrected chi connectivity index (χ2v) is 5.53. The minimum absolute atomic E-state index is 0.0936. The SMILES string of the molecule is CCN1CCOCC1C(=O)Nc1nc2c(OC)cccc2n1C. The van der Waals surface area contributed by atoms with Crippen LogP contribution in [0.2, 0.25) is 0 Å². The number of likely N-dealkylation sites (N-methyl/N-ethyl adjacent to an activating group) is 1. The predicted molar refractivity (Wildman–Crippen MR) is 87.7 cm³/mol. The molecule has 0 saturated carbocycles. The van der Waals surface area contributed by atoms with E-state index in [4.69, 9.17) is 9.47 Å². The Bertz CT molecular complexity index is 713. The average molecular weight is 318 g/mol. The van der Waals surface area contributed by atoms with Crippen LogP contribution < -0.4 is 10.1 Å². The summed E-state index contributed by atoms with van der Waals surface area (Å²) in [6, 6.07) is 5.43. The maximum atomic E-state index is 12.6. The van der Waals surface area contributed by atoms with E-state index in [0.717, 1.165) is 24.1 Å². The van der Waals surface area contributed by atoms with Gasteiger partial charge in [-0.3, -0.25) is 15.0 Å². The number of carbonyl (C=O) groups excluding carboxylic acids is 1. The molecular weight excluding hydrogens is 296 g/mol. The van der Waals surface area contributed by atoms with E-state index in [0.29, 0.717) is 24.9 Å². The number of imidazole rings is 1. The Labute approximate surface area is 135 Å². The van der Waals surface area contributed by atoms with Crippen LogP contribution in [0.15, 0.2) is 18.2 Å². The molecule has 0 radical (unpaired) electrons. The molecule has 3 rings (SSSR count). The van der Waals surface area contributed by atoms with Crippen LogP contribution in [0.25, 0.3) is 11.0 Å². The van der Waals surface area contributed by atoms with E-state index >= 15 is 0 Å². The molecule has 23 heavy (non-hydrogen) atoms. The maximum Gasteiger partial charge on any atom is 0.246 e. The fourth-order valence-electron chi connectivity index (χ4n) is 2.92. The number of morpholine rings is 1. The van der Waals surface area contributed by atoms with Gasteiger partial charge in [0.1, 0.15) is 17.3 Å². The lowest BCUT2D eigenvalue weighted by atomic mass is 10.2. The summed E-state index contributed by atoms with van der Waals surface area (Å²) in [4.78, 5) is 19.2. The molecule has 0 aliphatic carbocycles. The molecule has 1 unspecified atom stereocenters. The van der Waals surface area contributed by atoms with Gasteiger partial charge < -0.3 is 14.0 Å². The highest BCUT2D eigenvalue weighted by Gasteiger charge is 2.29. The number of para-hydroxylation sites is 1. The van der Waals surface area contributed by atoms with E-state index in [2.05, 4.69) is 15.2 Å². The van der Waals surface area contributed by atoms with Gasteiger partial charge in [-0.25, -0.2) is 4.98 Å². The summed E-state index contributed by atoms with van der Waals surface area (Å²) in [6.45, 7) is 4.71. The van der Waals surface area contributed by atoms with Crippen molar-refractivity contribution in [2.45, 2.75) is 13.0 Å². The molecule has 1 fully saturated rings. The molecule has 0 spiro atoms. The molecule has 1 amide bonds. The third-order valence-corrected chi connectivity index (χ3v) is 4.28. The highest BCUT2D eigenvalue weighted by Crippen LogP contribution is 2.27. The van der Waals surface area contributed by atoms with Crippen molar-refractivity contribution in [3.63, 3.8) is 0 Å². The van der Waals surface area contributed by atoms with Crippen molar-refractivity contribution in [2.75, 3.05) is 38.7 Å². The zero-order chi connectivity index (χ0) is 16.4. The van der Waals surface area contributed by atoms with Crippen LogP contribution in [-0.4, -0.2) is 59.8 Å². The highest BCUT2D eigenvalue weighted by atomic mass is 16.5. The summed E-state index contributed by atoms with van der Waals surface area (Å²) in [5, 5.41) is 2.92. The van der Waals surface area contributed by atoms with Crippen molar-refractivity contribution in [1.82, 2.24) is 14.5 Å². The number of nitrogens with zero attached hydrogens (tertiary/aromatic N) is 3. The Kier molecular flexibility index (Phi) is 4.49. The van der Waals surface area contributed by atoms with Crippen molar-refractivity contribution in [3.8, 4) is 5.75 Å². The molecule has 1 aliphatic rings. The third kappa shape index (κ3) is 2.89. The quantitative estimate of drug-likeness (QED) is 0.918. The van der Waals surface area contributed by atoms with Crippen LogP contribution in [0.5, 0.6) is 5.75 Å². The molecule has 1 saturated heterocycles. The molecule has 2 aromatic rings. The van der Waals surface area contributed by atoms with Gasteiger partial charge in [-0.15, -0.1) is 0 Å². The minimum Gasteiger partial charge on any atom is -0.494 e. The number of carbonyl (C=O) groups is 1. The smallest absolute Gasteiger partial charge is 0.246 e.